The normalized spacial score (nSPS) is 12.3. The van der Waals surface area contributed by atoms with Crippen molar-refractivity contribution in [2.75, 3.05) is 6.54 Å². The quantitative estimate of drug-likeness (QED) is 0.553. The minimum absolute atomic E-state index is 0.0251. The molecule has 0 bridgehead atoms. The van der Waals surface area contributed by atoms with Crippen molar-refractivity contribution in [3.05, 3.63) is 42.0 Å². The number of rotatable bonds is 3. The zero-order valence-corrected chi connectivity index (χ0v) is 9.67. The molecule has 0 spiro atoms. The van der Waals surface area contributed by atoms with E-state index in [0.717, 1.165) is 5.39 Å². The van der Waals surface area contributed by atoms with Gasteiger partial charge in [-0.25, -0.2) is 4.79 Å². The second kappa shape index (κ2) is 5.03. The Hall–Kier alpha value is -2.11. The van der Waals surface area contributed by atoms with Crippen LogP contribution in [0, 0.1) is 0 Å². The molecule has 5 heteroatoms. The van der Waals surface area contributed by atoms with Gasteiger partial charge in [0.05, 0.1) is 0 Å². The van der Waals surface area contributed by atoms with Gasteiger partial charge in [0, 0.05) is 6.54 Å². The second-order valence-electron chi connectivity index (χ2n) is 3.86. The van der Waals surface area contributed by atoms with E-state index in [4.69, 9.17) is 16.2 Å². The van der Waals surface area contributed by atoms with Crippen LogP contribution in [0.15, 0.2) is 36.4 Å². The molecule has 1 atom stereocenters. The summed E-state index contributed by atoms with van der Waals surface area (Å²) in [4.78, 5) is 11.9. The average molecular weight is 246 g/mol. The Labute approximate surface area is 104 Å². The summed E-state index contributed by atoms with van der Waals surface area (Å²) in [5.74, 6) is -0.815. The summed E-state index contributed by atoms with van der Waals surface area (Å²) in [5.41, 5.74) is 10.8. The van der Waals surface area contributed by atoms with Crippen LogP contribution in [0.25, 0.3) is 10.8 Å². The van der Waals surface area contributed by atoms with Crippen molar-refractivity contribution in [1.29, 1.82) is 0 Å². The molecular weight excluding hydrogens is 232 g/mol. The molecule has 18 heavy (non-hydrogen) atoms. The maximum absolute atomic E-state index is 11.9. The van der Waals surface area contributed by atoms with E-state index < -0.39 is 12.2 Å². The minimum atomic E-state index is -0.879. The first-order valence-electron chi connectivity index (χ1n) is 5.51. The van der Waals surface area contributed by atoms with Crippen LogP contribution in [0.5, 0.6) is 5.75 Å². The summed E-state index contributed by atoms with van der Waals surface area (Å²) in [6, 6.07) is 10.4. The Morgan fingerprint density at radius 2 is 2.00 bits per heavy atom. The van der Waals surface area contributed by atoms with Crippen LogP contribution in [0.1, 0.15) is 10.4 Å². The molecule has 0 aliphatic rings. The van der Waals surface area contributed by atoms with Crippen molar-refractivity contribution in [1.82, 2.24) is 0 Å². The lowest BCUT2D eigenvalue weighted by atomic mass is 10.0. The van der Waals surface area contributed by atoms with Crippen LogP contribution in [0.4, 0.5) is 0 Å². The molecule has 0 saturated heterocycles. The molecular formula is C13H14N2O3. The number of hydrogen-bond donors (Lipinski definition) is 3. The van der Waals surface area contributed by atoms with Gasteiger partial charge in [0.15, 0.2) is 6.23 Å². The molecule has 2 aromatic rings. The molecule has 0 heterocycles. The monoisotopic (exact) mass is 246 g/mol. The third kappa shape index (κ3) is 2.27. The van der Waals surface area contributed by atoms with Gasteiger partial charge in [-0.15, -0.1) is 0 Å². The second-order valence-corrected chi connectivity index (χ2v) is 3.86. The molecule has 0 aliphatic carbocycles. The van der Waals surface area contributed by atoms with Crippen LogP contribution in [-0.4, -0.2) is 23.8 Å². The number of nitrogens with two attached hydrogens (primary N) is 2. The largest absolute Gasteiger partial charge is 0.507 e. The number of phenolic OH excluding ortho intramolecular Hbond substituents is 1. The van der Waals surface area contributed by atoms with Gasteiger partial charge < -0.3 is 15.6 Å². The Balaban J connectivity index is 2.49. The fraction of sp³-hybridized carbons (Fsp3) is 0.154. The molecule has 2 rings (SSSR count). The molecule has 5 N–H and O–H groups in total. The van der Waals surface area contributed by atoms with Gasteiger partial charge in [0.25, 0.3) is 0 Å². The fourth-order valence-corrected chi connectivity index (χ4v) is 1.72. The van der Waals surface area contributed by atoms with Crippen LogP contribution in [0.3, 0.4) is 0 Å². The zero-order chi connectivity index (χ0) is 13.1. The minimum Gasteiger partial charge on any atom is -0.507 e. The molecule has 0 radical (unpaired) electrons. The van der Waals surface area contributed by atoms with Crippen LogP contribution >= 0.6 is 0 Å². The molecule has 0 saturated carbocycles. The smallest absolute Gasteiger partial charge is 0.344 e. The average Bonchev–Trinajstić information content (AvgIpc) is 2.38. The summed E-state index contributed by atoms with van der Waals surface area (Å²) in [6.07, 6.45) is -0.879. The number of aromatic hydroxyl groups is 1. The third-order valence-electron chi connectivity index (χ3n) is 2.60. The molecule has 0 fully saturated rings. The van der Waals surface area contributed by atoms with E-state index in [0.29, 0.717) is 5.39 Å². The van der Waals surface area contributed by atoms with Crippen LogP contribution in [0.2, 0.25) is 0 Å². The van der Waals surface area contributed by atoms with Crippen molar-refractivity contribution < 1.29 is 14.6 Å². The first kappa shape index (κ1) is 12.3. The highest BCUT2D eigenvalue weighted by Crippen LogP contribution is 2.27. The molecule has 0 aromatic heterocycles. The van der Waals surface area contributed by atoms with Crippen molar-refractivity contribution in [3.63, 3.8) is 0 Å². The highest BCUT2D eigenvalue weighted by molar-refractivity contribution is 6.07. The number of hydrogen-bond acceptors (Lipinski definition) is 5. The predicted octanol–water partition coefficient (Wildman–Crippen LogP) is 0.946. The van der Waals surface area contributed by atoms with Crippen molar-refractivity contribution in [2.24, 2.45) is 11.5 Å². The van der Waals surface area contributed by atoms with Crippen LogP contribution in [-0.2, 0) is 4.74 Å². The molecule has 1 unspecified atom stereocenters. The topological polar surface area (TPSA) is 98.6 Å². The van der Waals surface area contributed by atoms with E-state index in [1.54, 1.807) is 18.2 Å². The number of benzene rings is 2. The fourth-order valence-electron chi connectivity index (χ4n) is 1.72. The zero-order valence-electron chi connectivity index (χ0n) is 9.67. The highest BCUT2D eigenvalue weighted by Gasteiger charge is 2.18. The molecule has 94 valence electrons. The summed E-state index contributed by atoms with van der Waals surface area (Å²) < 4.78 is 4.93. The maximum atomic E-state index is 11.9. The molecule has 5 nitrogen and oxygen atoms in total. The Kier molecular flexibility index (Phi) is 3.45. The summed E-state index contributed by atoms with van der Waals surface area (Å²) in [5, 5.41) is 11.2. The predicted molar refractivity (Wildman–Crippen MR) is 68.1 cm³/mol. The van der Waals surface area contributed by atoms with E-state index in [-0.39, 0.29) is 17.9 Å². The molecule has 2 aromatic carbocycles. The number of fused-ring (bicyclic) bond motifs is 1. The lowest BCUT2D eigenvalue weighted by Crippen LogP contribution is -2.34. The van der Waals surface area contributed by atoms with Gasteiger partial charge in [0.1, 0.15) is 11.3 Å². The Bertz CT molecular complexity index is 583. The van der Waals surface area contributed by atoms with Gasteiger partial charge in [-0.1, -0.05) is 30.3 Å². The van der Waals surface area contributed by atoms with Gasteiger partial charge >= 0.3 is 5.97 Å². The first-order valence-corrected chi connectivity index (χ1v) is 5.51. The molecule has 0 amide bonds. The summed E-state index contributed by atoms with van der Waals surface area (Å²) >= 11 is 0. The van der Waals surface area contributed by atoms with E-state index in [9.17, 15) is 9.90 Å². The van der Waals surface area contributed by atoms with E-state index in [1.165, 1.54) is 6.07 Å². The number of carbonyl (C=O) groups excluding carboxylic acids is 1. The molecule has 0 aliphatic heterocycles. The highest BCUT2D eigenvalue weighted by atomic mass is 16.6. The van der Waals surface area contributed by atoms with Gasteiger partial charge in [-0.2, -0.15) is 0 Å². The first-order chi connectivity index (χ1) is 8.63. The van der Waals surface area contributed by atoms with E-state index in [1.807, 2.05) is 12.1 Å². The standard InChI is InChI=1S/C13H14N2O3/c14-7-11(15)18-13(17)12-9-4-2-1-3-8(9)5-6-10(12)16/h1-6,11,16H,7,14-15H2. The van der Waals surface area contributed by atoms with Gasteiger partial charge in [0.2, 0.25) is 0 Å². The Morgan fingerprint density at radius 1 is 1.28 bits per heavy atom. The van der Waals surface area contributed by atoms with Gasteiger partial charge in [-0.3, -0.25) is 5.73 Å². The Morgan fingerprint density at radius 3 is 2.72 bits per heavy atom. The third-order valence-corrected chi connectivity index (χ3v) is 2.60. The lowest BCUT2D eigenvalue weighted by Gasteiger charge is -2.13. The number of carbonyl (C=O) groups is 1. The van der Waals surface area contributed by atoms with Crippen molar-refractivity contribution in [2.45, 2.75) is 6.23 Å². The van der Waals surface area contributed by atoms with Crippen LogP contribution < -0.4 is 11.5 Å². The van der Waals surface area contributed by atoms with E-state index in [2.05, 4.69) is 0 Å². The van der Waals surface area contributed by atoms with E-state index >= 15 is 0 Å². The van der Waals surface area contributed by atoms with Gasteiger partial charge in [-0.05, 0) is 16.8 Å². The van der Waals surface area contributed by atoms with Crippen molar-refractivity contribution in [3.8, 4) is 5.75 Å². The lowest BCUT2D eigenvalue weighted by molar-refractivity contribution is 0.0334. The number of esters is 1. The van der Waals surface area contributed by atoms with Crippen molar-refractivity contribution >= 4 is 16.7 Å². The summed E-state index contributed by atoms with van der Waals surface area (Å²) in [7, 11) is 0. The maximum Gasteiger partial charge on any atom is 0.344 e. The SMILES string of the molecule is NCC(N)OC(=O)c1c(O)ccc2ccccc12. The summed E-state index contributed by atoms with van der Waals surface area (Å²) in [6.45, 7) is 0.0251. The number of ether oxygens (including phenoxy) is 1. The number of phenols is 1.